The van der Waals surface area contributed by atoms with Crippen LogP contribution in [0.3, 0.4) is 0 Å². The van der Waals surface area contributed by atoms with Gasteiger partial charge in [-0.3, -0.25) is 10.1 Å². The number of rotatable bonds is 7. The molecule has 0 aliphatic heterocycles. The molecule has 1 aromatic carbocycles. The molecular formula is C21H30N2O5. The Bertz CT molecular complexity index is 705. The Morgan fingerprint density at radius 1 is 1.11 bits per heavy atom. The molecule has 0 aliphatic carbocycles. The molecule has 2 amide bonds. The van der Waals surface area contributed by atoms with E-state index in [1.54, 1.807) is 32.9 Å². The number of esters is 1. The lowest BCUT2D eigenvalue weighted by atomic mass is 10.0. The van der Waals surface area contributed by atoms with Gasteiger partial charge in [-0.15, -0.1) is 0 Å². The average molecular weight is 390 g/mol. The van der Waals surface area contributed by atoms with Crippen molar-refractivity contribution in [1.82, 2.24) is 10.6 Å². The fourth-order valence-electron chi connectivity index (χ4n) is 2.35. The highest BCUT2D eigenvalue weighted by atomic mass is 16.6. The zero-order valence-corrected chi connectivity index (χ0v) is 17.4. The van der Waals surface area contributed by atoms with Crippen LogP contribution in [0.5, 0.6) is 0 Å². The van der Waals surface area contributed by atoms with E-state index in [2.05, 4.69) is 10.6 Å². The second kappa shape index (κ2) is 10.5. The van der Waals surface area contributed by atoms with Gasteiger partial charge in [0.15, 0.2) is 0 Å². The zero-order chi connectivity index (χ0) is 21.3. The standard InChI is InChI=1S/C21H30N2O5/c1-14(2)12-17(19(25)27-6)22-18(24)16(13-15-10-8-7-9-11-15)23-20(26)28-21(3,4)5/h7-11,13-14,17H,12H2,1-6H3,(H,22,24)(H,23,26)/b16-13+/t17-/m0/s1. The van der Waals surface area contributed by atoms with E-state index >= 15 is 0 Å². The van der Waals surface area contributed by atoms with E-state index in [-0.39, 0.29) is 11.6 Å². The molecule has 28 heavy (non-hydrogen) atoms. The predicted molar refractivity (Wildman–Crippen MR) is 107 cm³/mol. The Morgan fingerprint density at radius 3 is 2.21 bits per heavy atom. The largest absolute Gasteiger partial charge is 0.467 e. The molecule has 0 bridgehead atoms. The third-order valence-electron chi connectivity index (χ3n) is 3.49. The molecule has 1 atom stereocenters. The van der Waals surface area contributed by atoms with Crippen molar-refractivity contribution in [2.45, 2.75) is 52.7 Å². The second-order valence-electron chi connectivity index (χ2n) is 7.77. The van der Waals surface area contributed by atoms with Gasteiger partial charge >= 0.3 is 12.1 Å². The minimum atomic E-state index is -0.822. The van der Waals surface area contributed by atoms with Crippen LogP contribution in [0.1, 0.15) is 46.6 Å². The van der Waals surface area contributed by atoms with E-state index in [9.17, 15) is 14.4 Å². The Labute approximate surface area is 166 Å². The van der Waals surface area contributed by atoms with E-state index < -0.39 is 29.6 Å². The van der Waals surface area contributed by atoms with Crippen LogP contribution >= 0.6 is 0 Å². The Kier molecular flexibility index (Phi) is 8.70. The lowest BCUT2D eigenvalue weighted by Gasteiger charge is -2.22. The Hall–Kier alpha value is -2.83. The van der Waals surface area contributed by atoms with Gasteiger partial charge in [-0.25, -0.2) is 9.59 Å². The molecule has 0 heterocycles. The third kappa shape index (κ3) is 8.70. The normalized spacial score (nSPS) is 12.9. The van der Waals surface area contributed by atoms with Gasteiger partial charge in [-0.1, -0.05) is 44.2 Å². The van der Waals surface area contributed by atoms with E-state index in [1.165, 1.54) is 13.2 Å². The summed E-state index contributed by atoms with van der Waals surface area (Å²) in [5.74, 6) is -0.992. The molecule has 2 N–H and O–H groups in total. The lowest BCUT2D eigenvalue weighted by molar-refractivity contribution is -0.145. The highest BCUT2D eigenvalue weighted by Crippen LogP contribution is 2.11. The predicted octanol–water partition coefficient (Wildman–Crippen LogP) is 3.26. The quantitative estimate of drug-likeness (QED) is 0.551. The summed E-state index contributed by atoms with van der Waals surface area (Å²) in [4.78, 5) is 37.0. The highest BCUT2D eigenvalue weighted by Gasteiger charge is 2.26. The molecule has 0 fully saturated rings. The number of hydrogen-bond donors (Lipinski definition) is 2. The van der Waals surface area contributed by atoms with Crippen molar-refractivity contribution in [1.29, 1.82) is 0 Å². The molecule has 7 heteroatoms. The monoisotopic (exact) mass is 390 g/mol. The molecule has 0 radical (unpaired) electrons. The van der Waals surface area contributed by atoms with Crippen molar-refractivity contribution in [2.24, 2.45) is 5.92 Å². The van der Waals surface area contributed by atoms with Gasteiger partial charge < -0.3 is 14.8 Å². The van der Waals surface area contributed by atoms with E-state index in [1.807, 2.05) is 32.0 Å². The molecule has 1 aromatic rings. The smallest absolute Gasteiger partial charge is 0.412 e. The topological polar surface area (TPSA) is 93.7 Å². The summed E-state index contributed by atoms with van der Waals surface area (Å²) < 4.78 is 10.0. The highest BCUT2D eigenvalue weighted by molar-refractivity contribution is 6.02. The lowest BCUT2D eigenvalue weighted by Crippen LogP contribution is -2.46. The van der Waals surface area contributed by atoms with Crippen molar-refractivity contribution in [3.05, 3.63) is 41.6 Å². The number of nitrogens with one attached hydrogen (secondary N) is 2. The van der Waals surface area contributed by atoms with Crippen molar-refractivity contribution in [3.63, 3.8) is 0 Å². The minimum absolute atomic E-state index is 0.0295. The molecule has 7 nitrogen and oxygen atoms in total. The van der Waals surface area contributed by atoms with Crippen molar-refractivity contribution in [3.8, 4) is 0 Å². The second-order valence-corrected chi connectivity index (χ2v) is 7.77. The summed E-state index contributed by atoms with van der Waals surface area (Å²) in [5, 5.41) is 5.11. The van der Waals surface area contributed by atoms with Crippen LogP contribution in [0, 0.1) is 5.92 Å². The van der Waals surface area contributed by atoms with Crippen LogP contribution < -0.4 is 10.6 Å². The molecule has 0 aromatic heterocycles. The van der Waals surface area contributed by atoms with E-state index in [0.29, 0.717) is 12.0 Å². The summed E-state index contributed by atoms with van der Waals surface area (Å²) in [7, 11) is 1.27. The molecule has 1 rings (SSSR count). The first kappa shape index (κ1) is 23.2. The van der Waals surface area contributed by atoms with Crippen molar-refractivity contribution in [2.75, 3.05) is 7.11 Å². The van der Waals surface area contributed by atoms with Gasteiger partial charge in [0.25, 0.3) is 5.91 Å². The van der Waals surface area contributed by atoms with E-state index in [0.717, 1.165) is 0 Å². The fraction of sp³-hybridized carbons (Fsp3) is 0.476. The zero-order valence-electron chi connectivity index (χ0n) is 17.4. The summed E-state index contributed by atoms with van der Waals surface area (Å²) in [6, 6.07) is 8.22. The van der Waals surface area contributed by atoms with Crippen molar-refractivity contribution >= 4 is 24.0 Å². The first-order valence-electron chi connectivity index (χ1n) is 9.17. The minimum Gasteiger partial charge on any atom is -0.467 e. The summed E-state index contributed by atoms with van der Waals surface area (Å²) in [6.07, 6.45) is 1.16. The average Bonchev–Trinajstić information content (AvgIpc) is 2.58. The third-order valence-corrected chi connectivity index (χ3v) is 3.49. The Morgan fingerprint density at radius 2 is 1.71 bits per heavy atom. The van der Waals surface area contributed by atoms with Gasteiger partial charge in [-0.05, 0) is 44.7 Å². The first-order valence-corrected chi connectivity index (χ1v) is 9.17. The van der Waals surface area contributed by atoms with E-state index in [4.69, 9.17) is 9.47 Å². The van der Waals surface area contributed by atoms with Gasteiger partial charge in [0.2, 0.25) is 0 Å². The van der Waals surface area contributed by atoms with Crippen LogP contribution in [0.2, 0.25) is 0 Å². The molecule has 0 saturated heterocycles. The first-order chi connectivity index (χ1) is 13.0. The number of benzene rings is 1. The van der Waals surface area contributed by atoms with Crippen LogP contribution in [0.25, 0.3) is 6.08 Å². The molecule has 154 valence electrons. The van der Waals surface area contributed by atoms with Crippen LogP contribution in [-0.4, -0.2) is 36.7 Å². The SMILES string of the molecule is COC(=O)[C@H](CC(C)C)NC(=O)/C(=C\c1ccccc1)NC(=O)OC(C)(C)C. The number of alkyl carbamates (subject to hydrolysis) is 1. The van der Waals surface area contributed by atoms with Crippen molar-refractivity contribution < 1.29 is 23.9 Å². The molecule has 0 saturated carbocycles. The number of carbonyl (C=O) groups excluding carboxylic acids is 3. The number of ether oxygens (including phenoxy) is 2. The number of methoxy groups -OCH3 is 1. The molecule has 0 unspecified atom stereocenters. The number of amides is 2. The summed E-state index contributed by atoms with van der Waals surface area (Å²) in [6.45, 7) is 9.04. The molecule has 0 aliphatic rings. The van der Waals surface area contributed by atoms with Crippen LogP contribution in [0.4, 0.5) is 4.79 Å². The fourth-order valence-corrected chi connectivity index (χ4v) is 2.35. The maximum Gasteiger partial charge on any atom is 0.412 e. The molecule has 0 spiro atoms. The number of hydrogen-bond acceptors (Lipinski definition) is 5. The van der Waals surface area contributed by atoms with Crippen LogP contribution in [-0.2, 0) is 19.1 Å². The van der Waals surface area contributed by atoms with Gasteiger partial charge in [-0.2, -0.15) is 0 Å². The van der Waals surface area contributed by atoms with Gasteiger partial charge in [0.1, 0.15) is 17.3 Å². The van der Waals surface area contributed by atoms with Gasteiger partial charge in [0, 0.05) is 0 Å². The number of carbonyl (C=O) groups is 3. The summed E-state index contributed by atoms with van der Waals surface area (Å²) in [5.41, 5.74) is -0.0368. The van der Waals surface area contributed by atoms with Crippen LogP contribution in [0.15, 0.2) is 36.0 Å². The maximum atomic E-state index is 12.8. The Balaban J connectivity index is 3.08. The maximum absolute atomic E-state index is 12.8. The van der Waals surface area contributed by atoms with Gasteiger partial charge in [0.05, 0.1) is 7.11 Å². The summed E-state index contributed by atoms with van der Waals surface area (Å²) >= 11 is 0. The molecular weight excluding hydrogens is 360 g/mol.